The second kappa shape index (κ2) is 7.58. The van der Waals surface area contributed by atoms with Gasteiger partial charge in [0.2, 0.25) is 0 Å². The van der Waals surface area contributed by atoms with Gasteiger partial charge in [-0.1, -0.05) is 36.0 Å². The number of amides is 1. The number of non-ortho nitro benzene ring substituents is 1. The van der Waals surface area contributed by atoms with Crippen LogP contribution in [0.15, 0.2) is 63.3 Å². The van der Waals surface area contributed by atoms with Crippen LogP contribution in [-0.2, 0) is 4.79 Å². The summed E-state index contributed by atoms with van der Waals surface area (Å²) in [5, 5.41) is 14.9. The first-order valence-corrected chi connectivity index (χ1v) is 8.15. The number of nitro groups is 1. The van der Waals surface area contributed by atoms with Gasteiger partial charge in [0.05, 0.1) is 16.9 Å². The summed E-state index contributed by atoms with van der Waals surface area (Å²) in [6, 6.07) is 13.3. The Morgan fingerprint density at radius 1 is 1.32 bits per heavy atom. The van der Waals surface area contributed by atoms with E-state index in [0.717, 1.165) is 17.3 Å². The van der Waals surface area contributed by atoms with Crippen molar-refractivity contribution in [1.82, 2.24) is 10.4 Å². The van der Waals surface area contributed by atoms with Crippen LogP contribution in [0.3, 0.4) is 0 Å². The van der Waals surface area contributed by atoms with Gasteiger partial charge in [-0.15, -0.1) is 0 Å². The second-order valence-corrected chi connectivity index (χ2v) is 5.81. The molecule has 9 heteroatoms. The van der Waals surface area contributed by atoms with Crippen molar-refractivity contribution in [3.8, 4) is 0 Å². The molecule has 0 radical (unpaired) electrons. The van der Waals surface area contributed by atoms with Gasteiger partial charge in [-0.2, -0.15) is 5.10 Å². The van der Waals surface area contributed by atoms with Crippen LogP contribution in [-0.4, -0.2) is 27.8 Å². The molecule has 0 atom stereocenters. The third-order valence-electron chi connectivity index (χ3n) is 3.08. The van der Waals surface area contributed by atoms with Crippen LogP contribution in [0.2, 0.25) is 0 Å². The minimum Gasteiger partial charge on any atom is -0.431 e. The van der Waals surface area contributed by atoms with E-state index in [1.807, 2.05) is 18.2 Å². The summed E-state index contributed by atoms with van der Waals surface area (Å²) in [5.74, 6) is -0.257. The number of nitrogens with one attached hydrogen (secondary N) is 1. The van der Waals surface area contributed by atoms with Crippen molar-refractivity contribution in [2.24, 2.45) is 5.10 Å². The molecule has 0 aliphatic rings. The van der Waals surface area contributed by atoms with Crippen molar-refractivity contribution in [3.63, 3.8) is 0 Å². The molecule has 0 fully saturated rings. The number of aromatic nitrogens is 1. The van der Waals surface area contributed by atoms with Crippen LogP contribution in [0.25, 0.3) is 11.1 Å². The number of benzene rings is 2. The molecule has 3 rings (SSSR count). The number of hydrazone groups is 1. The van der Waals surface area contributed by atoms with E-state index in [9.17, 15) is 14.9 Å². The summed E-state index contributed by atoms with van der Waals surface area (Å²) in [7, 11) is 0. The lowest BCUT2D eigenvalue weighted by Gasteiger charge is -1.97. The Morgan fingerprint density at radius 2 is 2.16 bits per heavy atom. The fourth-order valence-electron chi connectivity index (χ4n) is 1.97. The summed E-state index contributed by atoms with van der Waals surface area (Å²) in [5.41, 5.74) is 4.22. The molecule has 0 saturated carbocycles. The number of oxazole rings is 1. The standard InChI is InChI=1S/C16H12N4O4S/c21-15(10-25-16-18-13-6-1-2-7-14(13)24-16)19-17-9-11-4-3-5-12(8-11)20(22)23/h1-9H,10H2,(H,19,21)/b17-9-. The van der Waals surface area contributed by atoms with Gasteiger partial charge in [0.15, 0.2) is 5.58 Å². The minimum absolute atomic E-state index is 0.0400. The summed E-state index contributed by atoms with van der Waals surface area (Å²) in [6.45, 7) is 0. The van der Waals surface area contributed by atoms with Gasteiger partial charge in [-0.3, -0.25) is 14.9 Å². The summed E-state index contributed by atoms with van der Waals surface area (Å²) < 4.78 is 5.50. The SMILES string of the molecule is O=C(CSc1nc2ccccc2o1)N/N=C\c1cccc([N+](=O)[O-])c1. The largest absolute Gasteiger partial charge is 0.431 e. The molecule has 1 amide bonds. The first-order chi connectivity index (χ1) is 12.1. The Balaban J connectivity index is 1.52. The summed E-state index contributed by atoms with van der Waals surface area (Å²) in [6.07, 6.45) is 1.34. The zero-order valence-corrected chi connectivity index (χ0v) is 13.6. The molecule has 1 heterocycles. The normalized spacial score (nSPS) is 11.0. The molecule has 1 N–H and O–H groups in total. The first kappa shape index (κ1) is 16.7. The number of thioether (sulfide) groups is 1. The number of hydrogen-bond donors (Lipinski definition) is 1. The van der Waals surface area contributed by atoms with Gasteiger partial charge in [-0.05, 0) is 12.1 Å². The van der Waals surface area contributed by atoms with E-state index in [-0.39, 0.29) is 17.3 Å². The van der Waals surface area contributed by atoms with Crippen molar-refractivity contribution in [1.29, 1.82) is 0 Å². The molecule has 0 spiro atoms. The van der Waals surface area contributed by atoms with Crippen LogP contribution < -0.4 is 5.43 Å². The molecular weight excluding hydrogens is 344 g/mol. The third kappa shape index (κ3) is 4.42. The van der Waals surface area contributed by atoms with E-state index in [1.165, 1.54) is 18.3 Å². The molecule has 8 nitrogen and oxygen atoms in total. The number of rotatable bonds is 6. The zero-order valence-electron chi connectivity index (χ0n) is 12.8. The predicted molar refractivity (Wildman–Crippen MR) is 93.6 cm³/mol. The maximum absolute atomic E-state index is 11.8. The molecule has 0 aliphatic heterocycles. The van der Waals surface area contributed by atoms with Crippen LogP contribution in [0, 0.1) is 10.1 Å². The molecule has 126 valence electrons. The number of nitro benzene ring substituents is 1. The van der Waals surface area contributed by atoms with Crippen LogP contribution in [0.5, 0.6) is 0 Å². The molecule has 0 saturated heterocycles. The Hall–Kier alpha value is -3.20. The quantitative estimate of drug-likeness (QED) is 0.315. The van der Waals surface area contributed by atoms with Gasteiger partial charge in [0.1, 0.15) is 5.52 Å². The van der Waals surface area contributed by atoms with E-state index in [1.54, 1.807) is 18.2 Å². The smallest absolute Gasteiger partial charge is 0.270 e. The summed E-state index contributed by atoms with van der Waals surface area (Å²) in [4.78, 5) is 26.2. The van der Waals surface area contributed by atoms with Crippen molar-refractivity contribution >= 4 is 40.7 Å². The first-order valence-electron chi connectivity index (χ1n) is 7.16. The zero-order chi connectivity index (χ0) is 17.6. The van der Waals surface area contributed by atoms with Crippen LogP contribution >= 0.6 is 11.8 Å². The fourth-order valence-corrected chi connectivity index (χ4v) is 2.60. The Kier molecular flexibility index (Phi) is 5.05. The van der Waals surface area contributed by atoms with Crippen LogP contribution in [0.1, 0.15) is 5.56 Å². The van der Waals surface area contributed by atoms with E-state index in [4.69, 9.17) is 4.42 Å². The highest BCUT2D eigenvalue weighted by Crippen LogP contribution is 2.22. The number of hydrogen-bond acceptors (Lipinski definition) is 7. The number of para-hydroxylation sites is 2. The molecule has 0 aliphatic carbocycles. The molecule has 0 bridgehead atoms. The van der Waals surface area contributed by atoms with Gasteiger partial charge < -0.3 is 4.42 Å². The fraction of sp³-hybridized carbons (Fsp3) is 0.0625. The maximum Gasteiger partial charge on any atom is 0.270 e. The van der Waals surface area contributed by atoms with Crippen molar-refractivity contribution in [2.45, 2.75) is 5.22 Å². The van der Waals surface area contributed by atoms with E-state index in [2.05, 4.69) is 15.5 Å². The van der Waals surface area contributed by atoms with Crippen LogP contribution in [0.4, 0.5) is 5.69 Å². The third-order valence-corrected chi connectivity index (χ3v) is 3.91. The van der Waals surface area contributed by atoms with Crippen molar-refractivity contribution in [3.05, 3.63) is 64.2 Å². The maximum atomic E-state index is 11.8. The lowest BCUT2D eigenvalue weighted by molar-refractivity contribution is -0.384. The summed E-state index contributed by atoms with van der Waals surface area (Å²) >= 11 is 1.15. The average Bonchev–Trinajstić information content (AvgIpc) is 3.03. The molecule has 0 unspecified atom stereocenters. The van der Waals surface area contributed by atoms with Gasteiger partial charge >= 0.3 is 0 Å². The number of carbonyl (C=O) groups is 1. The number of carbonyl (C=O) groups excluding carboxylic acids is 1. The highest BCUT2D eigenvalue weighted by atomic mass is 32.2. The second-order valence-electron chi connectivity index (χ2n) is 4.88. The molecule has 3 aromatic rings. The van der Waals surface area contributed by atoms with Gasteiger partial charge in [-0.25, -0.2) is 10.4 Å². The van der Waals surface area contributed by atoms with E-state index in [0.29, 0.717) is 16.4 Å². The van der Waals surface area contributed by atoms with Crippen molar-refractivity contribution < 1.29 is 14.1 Å². The molecule has 25 heavy (non-hydrogen) atoms. The molecule has 2 aromatic carbocycles. The Labute approximate surface area is 146 Å². The Morgan fingerprint density at radius 3 is 2.96 bits per heavy atom. The molecule has 1 aromatic heterocycles. The average molecular weight is 356 g/mol. The Bertz CT molecular complexity index is 921. The minimum atomic E-state index is -0.493. The monoisotopic (exact) mass is 356 g/mol. The van der Waals surface area contributed by atoms with Gasteiger partial charge in [0, 0.05) is 17.7 Å². The van der Waals surface area contributed by atoms with E-state index >= 15 is 0 Å². The molecular formula is C16H12N4O4S. The topological polar surface area (TPSA) is 111 Å². The number of fused-ring (bicyclic) bond motifs is 1. The highest BCUT2D eigenvalue weighted by molar-refractivity contribution is 7.99. The predicted octanol–water partition coefficient (Wildman–Crippen LogP) is 2.98. The number of nitrogens with zero attached hydrogens (tertiary/aromatic N) is 3. The lowest BCUT2D eigenvalue weighted by Crippen LogP contribution is -2.19. The van der Waals surface area contributed by atoms with Crippen molar-refractivity contribution in [2.75, 3.05) is 5.75 Å². The van der Waals surface area contributed by atoms with Gasteiger partial charge in [0.25, 0.3) is 16.8 Å². The highest BCUT2D eigenvalue weighted by Gasteiger charge is 2.08. The lowest BCUT2D eigenvalue weighted by atomic mass is 10.2. The van der Waals surface area contributed by atoms with E-state index < -0.39 is 4.92 Å².